The molecule has 1 aromatic carbocycles. The first-order chi connectivity index (χ1) is 16.7. The number of aromatic nitrogens is 1. The summed E-state index contributed by atoms with van der Waals surface area (Å²) in [5.41, 5.74) is 0.335. The summed E-state index contributed by atoms with van der Waals surface area (Å²) in [6.07, 6.45) is -1.33. The van der Waals surface area contributed by atoms with Crippen molar-refractivity contribution < 1.29 is 18.4 Å². The molecule has 0 unspecified atom stereocenters. The zero-order chi connectivity index (χ0) is 26.0. The van der Waals surface area contributed by atoms with Crippen molar-refractivity contribution in [1.29, 1.82) is 5.26 Å². The number of hydrogen-bond donors (Lipinski definition) is 3. The van der Waals surface area contributed by atoms with E-state index in [9.17, 15) is 28.4 Å². The lowest BCUT2D eigenvalue weighted by Crippen LogP contribution is -2.35. The number of halogens is 2. The van der Waals surface area contributed by atoms with Gasteiger partial charge in [-0.25, -0.2) is 8.78 Å². The fourth-order valence-electron chi connectivity index (χ4n) is 3.13. The summed E-state index contributed by atoms with van der Waals surface area (Å²) in [6.45, 7) is 6.71. The van der Waals surface area contributed by atoms with Crippen molar-refractivity contribution in [3.05, 3.63) is 43.8 Å². The van der Waals surface area contributed by atoms with Crippen LogP contribution in [0, 0.1) is 11.3 Å². The SMILES string of the molecule is CCN(CC)CC(=O)Nc1cccc(NC=c2sc(=C(C#N)C(=O)NCC(F)F)n(CC)c2=O)c1. The number of alkyl halides is 2. The van der Waals surface area contributed by atoms with Crippen LogP contribution in [0.25, 0.3) is 11.8 Å². The minimum atomic E-state index is -2.76. The number of carbonyl (C=O) groups is 2. The first-order valence-corrected chi connectivity index (χ1v) is 11.8. The van der Waals surface area contributed by atoms with Gasteiger partial charge < -0.3 is 16.0 Å². The van der Waals surface area contributed by atoms with E-state index in [0.29, 0.717) is 11.4 Å². The molecule has 35 heavy (non-hydrogen) atoms. The second kappa shape index (κ2) is 13.4. The average Bonchev–Trinajstić information content (AvgIpc) is 3.15. The molecule has 0 fully saturated rings. The molecule has 0 aliphatic carbocycles. The van der Waals surface area contributed by atoms with Crippen LogP contribution < -0.4 is 30.7 Å². The minimum absolute atomic E-state index is 0.0808. The van der Waals surface area contributed by atoms with Crippen molar-refractivity contribution in [3.63, 3.8) is 0 Å². The van der Waals surface area contributed by atoms with Crippen LogP contribution in [0.1, 0.15) is 20.8 Å². The van der Waals surface area contributed by atoms with E-state index in [2.05, 4.69) is 10.6 Å². The van der Waals surface area contributed by atoms with Gasteiger partial charge in [-0.3, -0.25) is 23.9 Å². The number of nitriles is 1. The maximum atomic E-state index is 12.8. The highest BCUT2D eigenvalue weighted by atomic mass is 32.1. The van der Waals surface area contributed by atoms with Gasteiger partial charge in [-0.15, -0.1) is 11.3 Å². The molecule has 12 heteroatoms. The molecule has 0 saturated carbocycles. The Morgan fingerprint density at radius 2 is 1.91 bits per heavy atom. The van der Waals surface area contributed by atoms with Crippen LogP contribution in [0.4, 0.5) is 20.2 Å². The smallest absolute Gasteiger partial charge is 0.270 e. The normalized spacial score (nSPS) is 12.5. The van der Waals surface area contributed by atoms with Gasteiger partial charge in [0.15, 0.2) is 5.57 Å². The molecule has 3 N–H and O–H groups in total. The number of likely N-dealkylation sites (N-methyl/N-ethyl adjacent to an activating group) is 1. The van der Waals surface area contributed by atoms with Gasteiger partial charge in [0, 0.05) is 24.1 Å². The quantitative estimate of drug-likeness (QED) is 0.420. The van der Waals surface area contributed by atoms with Crippen LogP contribution in [0.2, 0.25) is 0 Å². The maximum Gasteiger partial charge on any atom is 0.270 e. The summed E-state index contributed by atoms with van der Waals surface area (Å²) < 4.78 is 26.4. The molecule has 2 amide bonds. The summed E-state index contributed by atoms with van der Waals surface area (Å²) in [5.74, 6) is -1.11. The van der Waals surface area contributed by atoms with E-state index in [-0.39, 0.29) is 28.2 Å². The van der Waals surface area contributed by atoms with Gasteiger partial charge in [0.1, 0.15) is 15.3 Å². The Balaban J connectivity index is 2.31. The lowest BCUT2D eigenvalue weighted by Gasteiger charge is -2.17. The first-order valence-electron chi connectivity index (χ1n) is 11.0. The first kappa shape index (κ1) is 27.7. The number of amides is 2. The number of nitrogens with zero attached hydrogens (tertiary/aromatic N) is 3. The van der Waals surface area contributed by atoms with Crippen LogP contribution in [0.3, 0.4) is 0 Å². The van der Waals surface area contributed by atoms with Gasteiger partial charge in [0.2, 0.25) is 5.91 Å². The molecule has 0 radical (unpaired) electrons. The van der Waals surface area contributed by atoms with Crippen LogP contribution >= 0.6 is 11.3 Å². The van der Waals surface area contributed by atoms with Crippen LogP contribution in [-0.4, -0.2) is 53.9 Å². The van der Waals surface area contributed by atoms with Gasteiger partial charge in [0.25, 0.3) is 17.9 Å². The van der Waals surface area contributed by atoms with Gasteiger partial charge in [-0.2, -0.15) is 5.26 Å². The number of thiazole rings is 1. The van der Waals surface area contributed by atoms with E-state index in [1.807, 2.05) is 24.1 Å². The van der Waals surface area contributed by atoms with E-state index in [1.54, 1.807) is 37.3 Å². The number of anilines is 2. The number of carbonyl (C=O) groups excluding carboxylic acids is 2. The number of rotatable bonds is 11. The molecule has 0 atom stereocenters. The zero-order valence-corrected chi connectivity index (χ0v) is 20.5. The fourth-order valence-corrected chi connectivity index (χ4v) is 4.22. The highest BCUT2D eigenvalue weighted by Gasteiger charge is 2.16. The highest BCUT2D eigenvalue weighted by molar-refractivity contribution is 7.07. The molecule has 0 aliphatic heterocycles. The van der Waals surface area contributed by atoms with Gasteiger partial charge in [0.05, 0.1) is 13.1 Å². The summed E-state index contributed by atoms with van der Waals surface area (Å²) >= 11 is 0.901. The summed E-state index contributed by atoms with van der Waals surface area (Å²) in [7, 11) is 0. The second-order valence-corrected chi connectivity index (χ2v) is 8.32. The molecule has 0 bridgehead atoms. The topological polar surface area (TPSA) is 119 Å². The average molecular weight is 507 g/mol. The molecular formula is C23H28F2N6O3S. The Kier molecular flexibility index (Phi) is 10.6. The molecule has 0 saturated heterocycles. The minimum Gasteiger partial charge on any atom is -0.360 e. The Morgan fingerprint density at radius 1 is 1.23 bits per heavy atom. The van der Waals surface area contributed by atoms with E-state index in [0.717, 1.165) is 24.4 Å². The summed E-state index contributed by atoms with van der Waals surface area (Å²) in [4.78, 5) is 39.2. The molecule has 1 heterocycles. The van der Waals surface area contributed by atoms with E-state index < -0.39 is 30.0 Å². The number of hydrogen-bond acceptors (Lipinski definition) is 7. The molecule has 0 aliphatic rings. The monoisotopic (exact) mass is 506 g/mol. The van der Waals surface area contributed by atoms with Crippen molar-refractivity contribution >= 4 is 46.3 Å². The molecule has 0 spiro atoms. The van der Waals surface area contributed by atoms with Crippen LogP contribution in [0.15, 0.2) is 29.1 Å². The lowest BCUT2D eigenvalue weighted by molar-refractivity contribution is -0.117. The van der Waals surface area contributed by atoms with E-state index in [4.69, 9.17) is 0 Å². The van der Waals surface area contributed by atoms with Crippen molar-refractivity contribution in [2.75, 3.05) is 36.8 Å². The molecule has 1 aromatic heterocycles. The molecule has 188 valence electrons. The largest absolute Gasteiger partial charge is 0.360 e. The highest BCUT2D eigenvalue weighted by Crippen LogP contribution is 2.15. The van der Waals surface area contributed by atoms with Gasteiger partial charge in [-0.05, 0) is 38.2 Å². The fraction of sp³-hybridized carbons (Fsp3) is 0.391. The zero-order valence-electron chi connectivity index (χ0n) is 19.7. The summed E-state index contributed by atoms with van der Waals surface area (Å²) in [5, 5.41) is 17.2. The third kappa shape index (κ3) is 7.73. The van der Waals surface area contributed by atoms with Gasteiger partial charge >= 0.3 is 0 Å². The third-order valence-corrected chi connectivity index (χ3v) is 6.10. The third-order valence-electron chi connectivity index (χ3n) is 4.97. The molecule has 2 aromatic rings. The van der Waals surface area contributed by atoms with E-state index >= 15 is 0 Å². The van der Waals surface area contributed by atoms with Gasteiger partial charge in [-0.1, -0.05) is 19.9 Å². The van der Waals surface area contributed by atoms with Crippen molar-refractivity contribution in [2.45, 2.75) is 33.7 Å². The molecule has 2 rings (SSSR count). The predicted molar refractivity (Wildman–Crippen MR) is 132 cm³/mol. The summed E-state index contributed by atoms with van der Waals surface area (Å²) in [6, 6.07) is 8.64. The number of benzene rings is 1. The Bertz CT molecular complexity index is 1260. The van der Waals surface area contributed by atoms with Crippen molar-refractivity contribution in [1.82, 2.24) is 14.8 Å². The standard InChI is InChI=1S/C23H28F2N6O3S/c1-4-30(5-2)14-20(32)29-16-9-7-8-15(10-16)27-12-18-22(34)31(6-3)23(35-18)17(11-26)21(33)28-13-19(24)25/h7-10,12,19,27H,4-6,13-14H2,1-3H3,(H,28,33)(H,29,32). The molecule has 9 nitrogen and oxygen atoms in total. The maximum absolute atomic E-state index is 12.8. The predicted octanol–water partition coefficient (Wildman–Crippen LogP) is 1.12. The van der Waals surface area contributed by atoms with E-state index in [1.165, 1.54) is 10.8 Å². The van der Waals surface area contributed by atoms with Crippen molar-refractivity contribution in [3.8, 4) is 6.07 Å². The van der Waals surface area contributed by atoms with Crippen molar-refractivity contribution in [2.24, 2.45) is 0 Å². The molecular weight excluding hydrogens is 478 g/mol. The van der Waals surface area contributed by atoms with Crippen LogP contribution in [-0.2, 0) is 16.1 Å². The second-order valence-electron chi connectivity index (χ2n) is 7.29. The Morgan fingerprint density at radius 3 is 2.51 bits per heavy atom. The lowest BCUT2D eigenvalue weighted by atomic mass is 10.2. The number of nitrogens with one attached hydrogen (secondary N) is 3. The Hall–Kier alpha value is -3.56. The van der Waals surface area contributed by atoms with Crippen LogP contribution in [0.5, 0.6) is 0 Å². The Labute approximate surface area is 205 Å².